The van der Waals surface area contributed by atoms with Crippen molar-refractivity contribution in [2.75, 3.05) is 20.8 Å². The number of carbonyl (C=O) groups is 1. The number of carbonyl (C=O) groups excluding carboxylic acids is 1. The van der Waals surface area contributed by atoms with Crippen LogP contribution in [0.15, 0.2) is 40.2 Å². The van der Waals surface area contributed by atoms with Crippen LogP contribution in [0.1, 0.15) is 50.5 Å². The van der Waals surface area contributed by atoms with Gasteiger partial charge in [-0.05, 0) is 45.9 Å². The molecule has 1 amide bonds. The maximum absolute atomic E-state index is 14.4. The van der Waals surface area contributed by atoms with Gasteiger partial charge >= 0.3 is 5.69 Å². The first-order valence-corrected chi connectivity index (χ1v) is 14.1. The highest BCUT2D eigenvalue weighted by Gasteiger charge is 2.30. The second kappa shape index (κ2) is 14.0. The first-order valence-electron chi connectivity index (χ1n) is 13.3. The lowest BCUT2D eigenvalue weighted by molar-refractivity contribution is -0.134. The van der Waals surface area contributed by atoms with E-state index >= 15 is 0 Å². The normalized spacial score (nSPS) is 12.5. The Morgan fingerprint density at radius 1 is 1.21 bits per heavy atom. The van der Waals surface area contributed by atoms with Gasteiger partial charge in [0.15, 0.2) is 0 Å². The molecule has 3 heterocycles. The molecule has 3 aromatic heterocycles. The van der Waals surface area contributed by atoms with E-state index in [2.05, 4.69) is 10.2 Å². The summed E-state index contributed by atoms with van der Waals surface area (Å²) in [7, 11) is 3.04. The Morgan fingerprint density at radius 2 is 1.88 bits per heavy atom. The SMILES string of the molecule is COc1ccc(F)cc1[C@H](Cn1c(=O)n([C@@H](C)C(=O)N(C)C(C)C)c(=O)c2c(C)c(-n3nccn3)sc21)OCCC#N.S. The molecule has 1 aromatic carbocycles. The summed E-state index contributed by atoms with van der Waals surface area (Å²) in [6, 6.07) is 4.65. The Labute approximate surface area is 258 Å². The average Bonchev–Trinajstić information content (AvgIpc) is 3.61. The Kier molecular flexibility index (Phi) is 10.9. The van der Waals surface area contributed by atoms with Crippen LogP contribution < -0.4 is 16.0 Å². The van der Waals surface area contributed by atoms with Gasteiger partial charge in [-0.3, -0.25) is 14.2 Å². The Balaban J connectivity index is 0.00000506. The molecular weight excluding hydrogens is 597 g/mol. The summed E-state index contributed by atoms with van der Waals surface area (Å²) < 4.78 is 28.2. The van der Waals surface area contributed by atoms with E-state index in [9.17, 15) is 18.8 Å². The molecule has 0 saturated carbocycles. The predicted octanol–water partition coefficient (Wildman–Crippen LogP) is 3.47. The highest BCUT2D eigenvalue weighted by Crippen LogP contribution is 2.34. The van der Waals surface area contributed by atoms with Gasteiger partial charge in [-0.1, -0.05) is 11.3 Å². The number of halogens is 1. The Hall–Kier alpha value is -4.00. The van der Waals surface area contributed by atoms with Crippen molar-refractivity contribution in [3.05, 3.63) is 68.4 Å². The zero-order valence-corrected chi connectivity index (χ0v) is 26.5. The molecular formula is C28H34FN7O5S2. The second-order valence-corrected chi connectivity index (χ2v) is 10.9. The third-order valence-electron chi connectivity index (χ3n) is 7.11. The molecule has 0 aliphatic heterocycles. The van der Waals surface area contributed by atoms with E-state index in [0.29, 0.717) is 26.7 Å². The lowest BCUT2D eigenvalue weighted by atomic mass is 10.1. The van der Waals surface area contributed by atoms with E-state index in [1.807, 2.05) is 19.9 Å². The minimum Gasteiger partial charge on any atom is -0.496 e. The number of amides is 1. The molecule has 43 heavy (non-hydrogen) atoms. The van der Waals surface area contributed by atoms with Crippen LogP contribution in [0.25, 0.3) is 15.2 Å². The topological polar surface area (TPSA) is 137 Å². The molecule has 15 heteroatoms. The van der Waals surface area contributed by atoms with Crippen LogP contribution in [-0.4, -0.2) is 61.7 Å². The van der Waals surface area contributed by atoms with E-state index in [1.54, 1.807) is 14.0 Å². The van der Waals surface area contributed by atoms with Crippen molar-refractivity contribution < 1.29 is 18.7 Å². The Morgan fingerprint density at radius 3 is 2.49 bits per heavy atom. The van der Waals surface area contributed by atoms with Crippen LogP contribution in [-0.2, 0) is 16.1 Å². The van der Waals surface area contributed by atoms with Gasteiger partial charge in [0.05, 0.1) is 50.5 Å². The Bertz CT molecular complexity index is 1760. The van der Waals surface area contributed by atoms with Gasteiger partial charge in [0.1, 0.15) is 33.5 Å². The molecule has 0 saturated heterocycles. The first kappa shape index (κ1) is 33.5. The van der Waals surface area contributed by atoms with Gasteiger partial charge < -0.3 is 14.4 Å². The first-order chi connectivity index (χ1) is 20.0. The van der Waals surface area contributed by atoms with Crippen molar-refractivity contribution in [3.63, 3.8) is 0 Å². The molecule has 12 nitrogen and oxygen atoms in total. The van der Waals surface area contributed by atoms with Gasteiger partial charge in [0, 0.05) is 24.2 Å². The number of rotatable bonds is 11. The highest BCUT2D eigenvalue weighted by molar-refractivity contribution is 7.59. The number of methoxy groups -OCH3 is 1. The quantitative estimate of drug-likeness (QED) is 0.230. The van der Waals surface area contributed by atoms with Crippen molar-refractivity contribution in [2.24, 2.45) is 0 Å². The smallest absolute Gasteiger partial charge is 0.332 e. The largest absolute Gasteiger partial charge is 0.496 e. The number of benzene rings is 1. The fourth-order valence-corrected chi connectivity index (χ4v) is 5.86. The molecule has 0 spiro atoms. The molecule has 0 fully saturated rings. The molecule has 0 aliphatic rings. The standard InChI is InChI=1S/C28H32FN7O5S.H2S/c1-16(2)33(5)24(37)18(4)35-25(38)23-17(3)26(36-31-11-12-32-36)42-27(23)34(28(35)39)15-22(41-13-7-10-30)20-14-19(29)8-9-21(20)40-6;/h8-9,11-12,14,16,18,22H,7,13,15H2,1-6H3;1H2/t18-,22-;/m0./s1. The van der Waals surface area contributed by atoms with Crippen LogP contribution >= 0.6 is 24.8 Å². The van der Waals surface area contributed by atoms with E-state index in [1.165, 1.54) is 58.9 Å². The van der Waals surface area contributed by atoms with Gasteiger partial charge in [0.25, 0.3) is 5.56 Å². The molecule has 230 valence electrons. The predicted molar refractivity (Wildman–Crippen MR) is 165 cm³/mol. The maximum Gasteiger partial charge on any atom is 0.332 e. The van der Waals surface area contributed by atoms with Crippen LogP contribution in [0.5, 0.6) is 5.75 Å². The van der Waals surface area contributed by atoms with Crippen LogP contribution in [0.2, 0.25) is 0 Å². The maximum atomic E-state index is 14.4. The van der Waals surface area contributed by atoms with Gasteiger partial charge in [0.2, 0.25) is 5.91 Å². The van der Waals surface area contributed by atoms with Crippen molar-refractivity contribution in [1.82, 2.24) is 29.0 Å². The minimum atomic E-state index is -1.12. The number of hydrogen-bond donors (Lipinski definition) is 0. The fraction of sp³-hybridized carbons (Fsp3) is 0.429. The van der Waals surface area contributed by atoms with Crippen molar-refractivity contribution >= 4 is 41.0 Å². The zero-order valence-electron chi connectivity index (χ0n) is 24.7. The summed E-state index contributed by atoms with van der Waals surface area (Å²) in [5, 5.41) is 18.2. The molecule has 0 bridgehead atoms. The molecule has 0 aliphatic carbocycles. The lowest BCUT2D eigenvalue weighted by Gasteiger charge is -2.27. The molecule has 0 radical (unpaired) electrons. The highest BCUT2D eigenvalue weighted by atomic mass is 32.1. The van der Waals surface area contributed by atoms with Crippen molar-refractivity contribution in [3.8, 4) is 16.8 Å². The lowest BCUT2D eigenvalue weighted by Crippen LogP contribution is -2.47. The summed E-state index contributed by atoms with van der Waals surface area (Å²) in [6.45, 7) is 6.72. The molecule has 0 unspecified atom stereocenters. The molecule has 0 N–H and O–H groups in total. The zero-order chi connectivity index (χ0) is 30.7. The van der Waals surface area contributed by atoms with E-state index in [0.717, 1.165) is 15.9 Å². The third-order valence-corrected chi connectivity index (χ3v) is 8.39. The third kappa shape index (κ3) is 6.51. The number of aryl methyl sites for hydroxylation is 1. The summed E-state index contributed by atoms with van der Waals surface area (Å²) in [6.07, 6.45) is 2.09. The van der Waals surface area contributed by atoms with Crippen LogP contribution in [0.3, 0.4) is 0 Å². The monoisotopic (exact) mass is 631 g/mol. The fourth-order valence-electron chi connectivity index (χ4n) is 4.64. The summed E-state index contributed by atoms with van der Waals surface area (Å²) in [4.78, 5) is 44.6. The summed E-state index contributed by atoms with van der Waals surface area (Å²) in [5.41, 5.74) is -0.516. The van der Waals surface area contributed by atoms with E-state index in [-0.39, 0.29) is 44.5 Å². The van der Waals surface area contributed by atoms with Gasteiger partial charge in [-0.15, -0.1) is 4.80 Å². The second-order valence-electron chi connectivity index (χ2n) is 9.97. The number of hydrogen-bond acceptors (Lipinski definition) is 9. The number of thiophene rings is 1. The number of ether oxygens (including phenoxy) is 2. The number of fused-ring (bicyclic) bond motifs is 1. The van der Waals surface area contributed by atoms with Crippen molar-refractivity contribution in [2.45, 2.75) is 58.8 Å². The van der Waals surface area contributed by atoms with Crippen molar-refractivity contribution in [1.29, 1.82) is 5.26 Å². The number of nitrogens with zero attached hydrogens (tertiary/aromatic N) is 7. The number of aromatic nitrogens is 5. The van der Waals surface area contributed by atoms with Crippen LogP contribution in [0.4, 0.5) is 4.39 Å². The summed E-state index contributed by atoms with van der Waals surface area (Å²) >= 11 is 1.13. The average molecular weight is 632 g/mol. The summed E-state index contributed by atoms with van der Waals surface area (Å²) in [5.74, 6) is -0.635. The molecule has 4 aromatic rings. The van der Waals surface area contributed by atoms with Gasteiger partial charge in [-0.25, -0.2) is 13.8 Å². The van der Waals surface area contributed by atoms with E-state index < -0.39 is 35.1 Å². The number of nitriles is 1. The van der Waals surface area contributed by atoms with E-state index in [4.69, 9.17) is 14.7 Å². The molecule has 4 rings (SSSR count). The van der Waals surface area contributed by atoms with Crippen LogP contribution in [0, 0.1) is 24.1 Å². The molecule has 2 atom stereocenters. The van der Waals surface area contributed by atoms with Gasteiger partial charge in [-0.2, -0.15) is 29.0 Å². The minimum absolute atomic E-state index is 0. The number of likely N-dealkylation sites (N-methyl/N-ethyl adjacent to an activating group) is 1.